The van der Waals surface area contributed by atoms with E-state index < -0.39 is 6.36 Å². The molecule has 0 spiro atoms. The van der Waals surface area contributed by atoms with Gasteiger partial charge in [0.25, 0.3) is 0 Å². The summed E-state index contributed by atoms with van der Waals surface area (Å²) in [4.78, 5) is 0. The van der Waals surface area contributed by atoms with E-state index in [4.69, 9.17) is 17.3 Å². The van der Waals surface area contributed by atoms with Gasteiger partial charge in [0.15, 0.2) is 0 Å². The van der Waals surface area contributed by atoms with E-state index in [9.17, 15) is 13.2 Å². The first kappa shape index (κ1) is 13.5. The van der Waals surface area contributed by atoms with Crippen molar-refractivity contribution in [2.24, 2.45) is 0 Å². The van der Waals surface area contributed by atoms with Gasteiger partial charge in [0.1, 0.15) is 16.6 Å². The number of ether oxygens (including phenoxy) is 1. The topological polar surface area (TPSA) is 53.1 Å². The Labute approximate surface area is 111 Å². The van der Waals surface area contributed by atoms with Crippen LogP contribution in [-0.2, 0) is 6.54 Å². The SMILES string of the molecule is Nc1c(Cl)cnn1Cc1ccc(OC(F)(F)F)cc1. The second kappa shape index (κ2) is 5.00. The highest BCUT2D eigenvalue weighted by Gasteiger charge is 2.30. The summed E-state index contributed by atoms with van der Waals surface area (Å²) >= 11 is 5.74. The molecule has 0 saturated heterocycles. The number of hydrogen-bond acceptors (Lipinski definition) is 3. The molecular weight excluding hydrogens is 283 g/mol. The van der Waals surface area contributed by atoms with E-state index in [0.717, 1.165) is 5.56 Å². The van der Waals surface area contributed by atoms with Crippen LogP contribution in [0.4, 0.5) is 19.0 Å². The highest BCUT2D eigenvalue weighted by Crippen LogP contribution is 2.23. The maximum Gasteiger partial charge on any atom is 0.573 e. The molecule has 4 nitrogen and oxygen atoms in total. The van der Waals surface area contributed by atoms with Crippen LogP contribution in [-0.4, -0.2) is 16.1 Å². The average Bonchev–Trinajstić information content (AvgIpc) is 2.62. The van der Waals surface area contributed by atoms with E-state index in [1.54, 1.807) is 0 Å². The molecule has 2 aromatic rings. The fourth-order valence-corrected chi connectivity index (χ4v) is 1.61. The van der Waals surface area contributed by atoms with Gasteiger partial charge >= 0.3 is 6.36 Å². The van der Waals surface area contributed by atoms with Crippen molar-refractivity contribution in [1.82, 2.24) is 9.78 Å². The molecule has 0 atom stereocenters. The fraction of sp³-hybridized carbons (Fsp3) is 0.182. The number of nitrogen functional groups attached to an aromatic ring is 1. The van der Waals surface area contributed by atoms with E-state index in [1.807, 2.05) is 0 Å². The van der Waals surface area contributed by atoms with Gasteiger partial charge in [-0.3, -0.25) is 0 Å². The molecule has 0 unspecified atom stereocenters. The zero-order valence-corrected chi connectivity index (χ0v) is 10.2. The van der Waals surface area contributed by atoms with E-state index in [2.05, 4.69) is 9.84 Å². The third kappa shape index (κ3) is 3.54. The third-order valence-corrected chi connectivity index (χ3v) is 2.61. The van der Waals surface area contributed by atoms with Gasteiger partial charge in [0, 0.05) is 0 Å². The van der Waals surface area contributed by atoms with Gasteiger partial charge in [-0.15, -0.1) is 13.2 Å². The van der Waals surface area contributed by atoms with Crippen molar-refractivity contribution in [2.45, 2.75) is 12.9 Å². The monoisotopic (exact) mass is 291 g/mol. The van der Waals surface area contributed by atoms with Crippen LogP contribution in [0, 0.1) is 0 Å². The number of benzene rings is 1. The zero-order valence-electron chi connectivity index (χ0n) is 9.49. The molecule has 2 rings (SSSR count). The largest absolute Gasteiger partial charge is 0.573 e. The van der Waals surface area contributed by atoms with E-state index in [0.29, 0.717) is 17.4 Å². The molecule has 2 N–H and O–H groups in total. The summed E-state index contributed by atoms with van der Waals surface area (Å²) in [5, 5.41) is 4.27. The lowest BCUT2D eigenvalue weighted by atomic mass is 10.2. The minimum atomic E-state index is -4.69. The Bertz CT molecular complexity index is 566. The predicted octanol–water partition coefficient (Wildman–Crippen LogP) is 3.07. The molecule has 0 fully saturated rings. The summed E-state index contributed by atoms with van der Waals surface area (Å²) in [5.74, 6) is 0.0278. The van der Waals surface area contributed by atoms with Crippen molar-refractivity contribution < 1.29 is 17.9 Å². The summed E-state index contributed by atoms with van der Waals surface area (Å²) in [5.41, 5.74) is 6.38. The summed E-state index contributed by atoms with van der Waals surface area (Å²) in [6, 6.07) is 5.44. The van der Waals surface area contributed by atoms with Gasteiger partial charge in [-0.1, -0.05) is 23.7 Å². The minimum absolute atomic E-state index is 0.275. The molecule has 0 aliphatic carbocycles. The average molecular weight is 292 g/mol. The lowest BCUT2D eigenvalue weighted by Crippen LogP contribution is -2.17. The molecule has 0 saturated carbocycles. The maximum atomic E-state index is 12.0. The van der Waals surface area contributed by atoms with Crippen LogP contribution in [0.25, 0.3) is 0 Å². The van der Waals surface area contributed by atoms with Crippen molar-refractivity contribution in [3.63, 3.8) is 0 Å². The maximum absolute atomic E-state index is 12.0. The van der Waals surface area contributed by atoms with Crippen LogP contribution in [0.2, 0.25) is 5.02 Å². The number of nitrogens with two attached hydrogens (primary N) is 1. The van der Waals surface area contributed by atoms with Gasteiger partial charge in [-0.25, -0.2) is 4.68 Å². The molecule has 1 aromatic carbocycles. The standard InChI is InChI=1S/C11H9ClF3N3O/c12-9-5-17-18(10(9)16)6-7-1-3-8(4-2-7)19-11(13,14)15/h1-5H,6,16H2. The molecule has 0 bridgehead atoms. The fourth-order valence-electron chi connectivity index (χ4n) is 1.47. The number of hydrogen-bond donors (Lipinski definition) is 1. The molecule has 8 heteroatoms. The van der Waals surface area contributed by atoms with E-state index in [1.165, 1.54) is 35.1 Å². The van der Waals surface area contributed by atoms with Crippen LogP contribution >= 0.6 is 11.6 Å². The second-order valence-electron chi connectivity index (χ2n) is 3.73. The summed E-state index contributed by atoms with van der Waals surface area (Å²) < 4.78 is 41.1. The lowest BCUT2D eigenvalue weighted by molar-refractivity contribution is -0.274. The van der Waals surface area contributed by atoms with Crippen molar-refractivity contribution >= 4 is 17.4 Å². The number of nitrogens with zero attached hydrogens (tertiary/aromatic N) is 2. The van der Waals surface area contributed by atoms with Crippen molar-refractivity contribution in [3.05, 3.63) is 41.0 Å². The van der Waals surface area contributed by atoms with Crippen LogP contribution in [0.5, 0.6) is 5.75 Å². The van der Waals surface area contributed by atoms with Gasteiger partial charge in [0.05, 0.1) is 12.7 Å². The number of aromatic nitrogens is 2. The Morgan fingerprint density at radius 1 is 1.26 bits per heavy atom. The van der Waals surface area contributed by atoms with Gasteiger partial charge in [-0.2, -0.15) is 5.10 Å². The first-order valence-electron chi connectivity index (χ1n) is 5.16. The highest BCUT2D eigenvalue weighted by molar-refractivity contribution is 6.32. The molecule has 19 heavy (non-hydrogen) atoms. The number of halogens is 4. The molecule has 1 aromatic heterocycles. The Morgan fingerprint density at radius 2 is 1.89 bits per heavy atom. The van der Waals surface area contributed by atoms with Gasteiger partial charge in [-0.05, 0) is 17.7 Å². The van der Waals surface area contributed by atoms with Crippen LogP contribution in [0.15, 0.2) is 30.5 Å². The Balaban J connectivity index is 2.09. The first-order valence-corrected chi connectivity index (χ1v) is 5.54. The molecular formula is C11H9ClF3N3O. The van der Waals surface area contributed by atoms with Crippen LogP contribution < -0.4 is 10.5 Å². The van der Waals surface area contributed by atoms with E-state index in [-0.39, 0.29) is 5.75 Å². The number of rotatable bonds is 3. The first-order chi connectivity index (χ1) is 8.85. The van der Waals surface area contributed by atoms with Crippen molar-refractivity contribution in [3.8, 4) is 5.75 Å². The predicted molar refractivity (Wildman–Crippen MR) is 63.9 cm³/mol. The third-order valence-electron chi connectivity index (χ3n) is 2.32. The van der Waals surface area contributed by atoms with Crippen LogP contribution in [0.3, 0.4) is 0 Å². The van der Waals surface area contributed by atoms with Crippen LogP contribution in [0.1, 0.15) is 5.56 Å². The van der Waals surface area contributed by atoms with Crippen molar-refractivity contribution in [2.75, 3.05) is 5.73 Å². The van der Waals surface area contributed by atoms with E-state index >= 15 is 0 Å². The number of anilines is 1. The summed E-state index contributed by atoms with van der Waals surface area (Å²) in [7, 11) is 0. The molecule has 0 aliphatic rings. The molecule has 0 amide bonds. The van der Waals surface area contributed by atoms with Gasteiger partial charge < -0.3 is 10.5 Å². The number of alkyl halides is 3. The molecule has 0 radical (unpaired) electrons. The quantitative estimate of drug-likeness (QED) is 0.945. The molecule has 1 heterocycles. The Morgan fingerprint density at radius 3 is 2.37 bits per heavy atom. The summed E-state index contributed by atoms with van der Waals surface area (Å²) in [6.07, 6.45) is -3.29. The molecule has 0 aliphatic heterocycles. The second-order valence-corrected chi connectivity index (χ2v) is 4.13. The van der Waals surface area contributed by atoms with Gasteiger partial charge in [0.2, 0.25) is 0 Å². The Hall–Kier alpha value is -1.89. The lowest BCUT2D eigenvalue weighted by Gasteiger charge is -2.09. The Kier molecular flexibility index (Phi) is 3.57. The van der Waals surface area contributed by atoms with Crippen molar-refractivity contribution in [1.29, 1.82) is 0 Å². The summed E-state index contributed by atoms with van der Waals surface area (Å²) in [6.45, 7) is 0.310. The highest BCUT2D eigenvalue weighted by atomic mass is 35.5. The normalized spacial score (nSPS) is 11.6. The molecule has 102 valence electrons. The smallest absolute Gasteiger partial charge is 0.406 e. The minimum Gasteiger partial charge on any atom is -0.406 e. The zero-order chi connectivity index (χ0) is 14.0.